The molecule has 1 unspecified atom stereocenters. The predicted molar refractivity (Wildman–Crippen MR) is 66.6 cm³/mol. The van der Waals surface area contributed by atoms with Gasteiger partial charge in [-0.1, -0.05) is 0 Å². The van der Waals surface area contributed by atoms with Crippen molar-refractivity contribution in [2.24, 2.45) is 0 Å². The fraction of sp³-hybridized carbons (Fsp3) is 0.455. The molecule has 1 atom stereocenters. The maximum atomic E-state index is 11.6. The minimum absolute atomic E-state index is 0.105. The van der Waals surface area contributed by atoms with Crippen molar-refractivity contribution in [1.29, 1.82) is 0 Å². The molecular weight excluding hydrogens is 220 g/mol. The van der Waals surface area contributed by atoms with Gasteiger partial charge in [0.05, 0.1) is 6.61 Å². The fourth-order valence-electron chi connectivity index (χ4n) is 1.24. The van der Waals surface area contributed by atoms with Gasteiger partial charge in [0.1, 0.15) is 11.9 Å². The summed E-state index contributed by atoms with van der Waals surface area (Å²) in [6, 6.07) is 2.99. The van der Waals surface area contributed by atoms with Gasteiger partial charge in [-0.25, -0.2) is 4.98 Å². The van der Waals surface area contributed by atoms with E-state index in [1.54, 1.807) is 32.4 Å². The number of carbonyl (C=O) groups excluding carboxylic acids is 1. The Labute approximate surface area is 101 Å². The molecule has 1 aromatic heterocycles. The number of aromatic nitrogens is 1. The summed E-state index contributed by atoms with van der Waals surface area (Å²) in [6.45, 7) is 2.74. The van der Waals surface area contributed by atoms with Crippen molar-refractivity contribution in [3.63, 3.8) is 0 Å². The SMILES string of the molecule is COCCNC(=O)C(C)Nc1cc(N)ccn1. The predicted octanol–water partition coefficient (Wildman–Crippen LogP) is 0.227. The second kappa shape index (κ2) is 6.70. The summed E-state index contributed by atoms with van der Waals surface area (Å²) in [4.78, 5) is 15.7. The van der Waals surface area contributed by atoms with E-state index in [9.17, 15) is 4.79 Å². The van der Waals surface area contributed by atoms with Gasteiger partial charge >= 0.3 is 0 Å². The largest absolute Gasteiger partial charge is 0.399 e. The van der Waals surface area contributed by atoms with E-state index in [0.29, 0.717) is 24.7 Å². The first-order valence-electron chi connectivity index (χ1n) is 5.38. The van der Waals surface area contributed by atoms with Gasteiger partial charge in [-0.15, -0.1) is 0 Å². The first-order chi connectivity index (χ1) is 8.13. The second-order valence-electron chi connectivity index (χ2n) is 3.62. The molecule has 0 aromatic carbocycles. The summed E-state index contributed by atoms with van der Waals surface area (Å²) in [5.41, 5.74) is 6.22. The highest BCUT2D eigenvalue weighted by Gasteiger charge is 2.12. The Morgan fingerprint density at radius 3 is 3.06 bits per heavy atom. The third-order valence-corrected chi connectivity index (χ3v) is 2.15. The molecular formula is C11H18N4O2. The van der Waals surface area contributed by atoms with Crippen LogP contribution < -0.4 is 16.4 Å². The number of rotatable bonds is 6. The highest BCUT2D eigenvalue weighted by molar-refractivity contribution is 5.83. The molecule has 0 saturated heterocycles. The van der Waals surface area contributed by atoms with Crippen LogP contribution in [0.5, 0.6) is 0 Å². The zero-order valence-electron chi connectivity index (χ0n) is 10.1. The van der Waals surface area contributed by atoms with E-state index in [1.165, 1.54) is 0 Å². The molecule has 0 fully saturated rings. The number of hydrogen-bond donors (Lipinski definition) is 3. The van der Waals surface area contributed by atoms with Gasteiger partial charge in [0, 0.05) is 31.6 Å². The molecule has 0 radical (unpaired) electrons. The highest BCUT2D eigenvalue weighted by atomic mass is 16.5. The molecule has 94 valence electrons. The van der Waals surface area contributed by atoms with Gasteiger partial charge in [0.25, 0.3) is 0 Å². The Bertz CT molecular complexity index is 370. The molecule has 17 heavy (non-hydrogen) atoms. The number of carbonyl (C=O) groups is 1. The number of methoxy groups -OCH3 is 1. The van der Waals surface area contributed by atoms with Crippen LogP contribution >= 0.6 is 0 Å². The lowest BCUT2D eigenvalue weighted by atomic mass is 10.3. The lowest BCUT2D eigenvalue weighted by molar-refractivity contribution is -0.121. The van der Waals surface area contributed by atoms with Crippen molar-refractivity contribution in [3.8, 4) is 0 Å². The molecule has 6 heteroatoms. The van der Waals surface area contributed by atoms with E-state index in [1.807, 2.05) is 0 Å². The summed E-state index contributed by atoms with van der Waals surface area (Å²) < 4.78 is 4.84. The summed E-state index contributed by atoms with van der Waals surface area (Å²) in [6.07, 6.45) is 1.59. The number of nitrogens with one attached hydrogen (secondary N) is 2. The van der Waals surface area contributed by atoms with Crippen molar-refractivity contribution in [3.05, 3.63) is 18.3 Å². The zero-order chi connectivity index (χ0) is 12.7. The molecule has 0 aliphatic rings. The van der Waals surface area contributed by atoms with E-state index >= 15 is 0 Å². The minimum atomic E-state index is -0.374. The number of amides is 1. The Hall–Kier alpha value is -1.82. The molecule has 0 saturated carbocycles. The van der Waals surface area contributed by atoms with Crippen LogP contribution in [0, 0.1) is 0 Å². The average molecular weight is 238 g/mol. The van der Waals surface area contributed by atoms with E-state index in [4.69, 9.17) is 10.5 Å². The number of anilines is 2. The number of nitrogens with zero attached hydrogens (tertiary/aromatic N) is 1. The first kappa shape index (κ1) is 13.2. The maximum absolute atomic E-state index is 11.6. The molecule has 0 bridgehead atoms. The third-order valence-electron chi connectivity index (χ3n) is 2.15. The van der Waals surface area contributed by atoms with Gasteiger partial charge in [-0.2, -0.15) is 0 Å². The molecule has 1 rings (SSSR count). The van der Waals surface area contributed by atoms with Gasteiger partial charge < -0.3 is 21.1 Å². The number of pyridine rings is 1. The first-order valence-corrected chi connectivity index (χ1v) is 5.38. The van der Waals surface area contributed by atoms with E-state index in [2.05, 4.69) is 15.6 Å². The van der Waals surface area contributed by atoms with E-state index in [0.717, 1.165) is 0 Å². The van der Waals surface area contributed by atoms with Crippen molar-refractivity contribution < 1.29 is 9.53 Å². The van der Waals surface area contributed by atoms with Crippen LogP contribution in [-0.4, -0.2) is 37.2 Å². The van der Waals surface area contributed by atoms with Crippen LogP contribution in [0.4, 0.5) is 11.5 Å². The Morgan fingerprint density at radius 1 is 1.65 bits per heavy atom. The third kappa shape index (κ3) is 4.69. The van der Waals surface area contributed by atoms with Crippen molar-refractivity contribution in [1.82, 2.24) is 10.3 Å². The molecule has 1 heterocycles. The molecule has 6 nitrogen and oxygen atoms in total. The Morgan fingerprint density at radius 2 is 2.41 bits per heavy atom. The van der Waals surface area contributed by atoms with Gasteiger partial charge in [0.2, 0.25) is 5.91 Å². The number of nitrogens with two attached hydrogens (primary N) is 1. The quantitative estimate of drug-likeness (QED) is 0.617. The van der Waals surface area contributed by atoms with Crippen LogP contribution in [0.2, 0.25) is 0 Å². The van der Waals surface area contributed by atoms with Crippen LogP contribution in [0.3, 0.4) is 0 Å². The van der Waals surface area contributed by atoms with E-state index < -0.39 is 0 Å². The van der Waals surface area contributed by atoms with E-state index in [-0.39, 0.29) is 11.9 Å². The summed E-state index contributed by atoms with van der Waals surface area (Å²) in [5, 5.41) is 5.70. The molecule has 0 aliphatic heterocycles. The van der Waals surface area contributed by atoms with Gasteiger partial charge in [-0.3, -0.25) is 4.79 Å². The van der Waals surface area contributed by atoms with Crippen molar-refractivity contribution in [2.75, 3.05) is 31.3 Å². The monoisotopic (exact) mass is 238 g/mol. The second-order valence-corrected chi connectivity index (χ2v) is 3.62. The molecule has 1 aromatic rings. The highest BCUT2D eigenvalue weighted by Crippen LogP contribution is 2.08. The average Bonchev–Trinajstić information content (AvgIpc) is 2.29. The van der Waals surface area contributed by atoms with Crippen LogP contribution in [0.25, 0.3) is 0 Å². The smallest absolute Gasteiger partial charge is 0.242 e. The standard InChI is InChI=1S/C11H18N4O2/c1-8(11(16)14-5-6-17-2)15-10-7-9(12)3-4-13-10/h3-4,7-8H,5-6H2,1-2H3,(H,14,16)(H3,12,13,15). The molecule has 0 aliphatic carbocycles. The number of hydrogen-bond acceptors (Lipinski definition) is 5. The summed E-state index contributed by atoms with van der Waals surface area (Å²) in [7, 11) is 1.59. The van der Waals surface area contributed by atoms with Crippen LogP contribution in [-0.2, 0) is 9.53 Å². The van der Waals surface area contributed by atoms with Gasteiger partial charge in [0.15, 0.2) is 0 Å². The minimum Gasteiger partial charge on any atom is -0.399 e. The zero-order valence-corrected chi connectivity index (χ0v) is 10.1. The van der Waals surface area contributed by atoms with Crippen molar-refractivity contribution in [2.45, 2.75) is 13.0 Å². The molecule has 1 amide bonds. The van der Waals surface area contributed by atoms with Crippen LogP contribution in [0.1, 0.15) is 6.92 Å². The number of nitrogen functional groups attached to an aromatic ring is 1. The van der Waals surface area contributed by atoms with Crippen LogP contribution in [0.15, 0.2) is 18.3 Å². The number of ether oxygens (including phenoxy) is 1. The fourth-order valence-corrected chi connectivity index (χ4v) is 1.24. The van der Waals surface area contributed by atoms with Crippen molar-refractivity contribution >= 4 is 17.4 Å². The van der Waals surface area contributed by atoms with Gasteiger partial charge in [-0.05, 0) is 13.0 Å². The lowest BCUT2D eigenvalue weighted by Crippen LogP contribution is -2.39. The maximum Gasteiger partial charge on any atom is 0.242 e. The Kier molecular flexibility index (Phi) is 5.22. The normalized spacial score (nSPS) is 11.9. The summed E-state index contributed by atoms with van der Waals surface area (Å²) in [5.74, 6) is 0.477. The lowest BCUT2D eigenvalue weighted by Gasteiger charge is -2.14. The molecule has 4 N–H and O–H groups in total. The summed E-state index contributed by atoms with van der Waals surface area (Å²) >= 11 is 0. The topological polar surface area (TPSA) is 89.3 Å². The molecule has 0 spiro atoms. The Balaban J connectivity index is 2.43.